The number of nitrogens with one attached hydrogen (secondary N) is 1. The summed E-state index contributed by atoms with van der Waals surface area (Å²) in [6, 6.07) is 13.0. The first-order chi connectivity index (χ1) is 15.8. The molecule has 1 fully saturated rings. The highest BCUT2D eigenvalue weighted by atomic mass is 16.6. The Bertz CT molecular complexity index is 992. The van der Waals surface area contributed by atoms with Crippen molar-refractivity contribution in [1.82, 2.24) is 9.80 Å². The van der Waals surface area contributed by atoms with Gasteiger partial charge in [0, 0.05) is 44.0 Å². The third-order valence-corrected chi connectivity index (χ3v) is 5.45. The van der Waals surface area contributed by atoms with E-state index in [0.29, 0.717) is 37.6 Å². The van der Waals surface area contributed by atoms with E-state index < -0.39 is 11.7 Å². The van der Waals surface area contributed by atoms with Crippen molar-refractivity contribution in [2.75, 3.05) is 44.7 Å². The third-order valence-electron chi connectivity index (χ3n) is 5.45. The fourth-order valence-electron chi connectivity index (χ4n) is 3.85. The van der Waals surface area contributed by atoms with Crippen LogP contribution in [0, 0.1) is 0 Å². The predicted molar refractivity (Wildman–Crippen MR) is 125 cm³/mol. The minimum Gasteiger partial charge on any atom is -0.486 e. The maximum atomic E-state index is 12.9. The van der Waals surface area contributed by atoms with E-state index in [0.717, 1.165) is 31.1 Å². The molecule has 0 saturated carbocycles. The molecule has 33 heavy (non-hydrogen) atoms. The Morgan fingerprint density at radius 2 is 1.61 bits per heavy atom. The van der Waals surface area contributed by atoms with Gasteiger partial charge < -0.3 is 19.1 Å². The lowest BCUT2D eigenvalue weighted by Crippen LogP contribution is -2.48. The number of hydrogen-bond donors (Lipinski definition) is 1. The van der Waals surface area contributed by atoms with Crippen LogP contribution in [-0.4, -0.2) is 66.8 Å². The van der Waals surface area contributed by atoms with Crippen LogP contribution in [0.2, 0.25) is 0 Å². The van der Waals surface area contributed by atoms with Crippen molar-refractivity contribution >= 4 is 17.7 Å². The fraction of sp³-hybridized carbons (Fsp3) is 0.440. The normalized spacial score (nSPS) is 16.3. The fourth-order valence-corrected chi connectivity index (χ4v) is 3.85. The molecule has 0 unspecified atom stereocenters. The zero-order valence-corrected chi connectivity index (χ0v) is 19.4. The number of carbonyl (C=O) groups is 2. The number of piperazine rings is 1. The number of amides is 2. The molecule has 2 aromatic carbocycles. The lowest BCUT2D eigenvalue weighted by Gasteiger charge is -2.35. The molecule has 1 saturated heterocycles. The molecular formula is C25H31N3O5. The zero-order valence-electron chi connectivity index (χ0n) is 19.4. The van der Waals surface area contributed by atoms with E-state index >= 15 is 0 Å². The van der Waals surface area contributed by atoms with Crippen molar-refractivity contribution in [3.05, 3.63) is 53.6 Å². The first kappa shape index (κ1) is 22.9. The van der Waals surface area contributed by atoms with Gasteiger partial charge in [0.15, 0.2) is 11.5 Å². The molecule has 2 heterocycles. The molecule has 8 heteroatoms. The summed E-state index contributed by atoms with van der Waals surface area (Å²) < 4.78 is 16.5. The molecule has 176 valence electrons. The van der Waals surface area contributed by atoms with E-state index in [1.165, 1.54) is 5.56 Å². The lowest BCUT2D eigenvalue weighted by atomic mass is 10.1. The SMILES string of the molecule is CC(C)(C)OC(=O)Nc1ccc(C(=O)N2CCN(Cc3ccc4c(c3)OCCO4)CC2)cc1. The number of rotatable bonds is 4. The van der Waals surface area contributed by atoms with E-state index in [9.17, 15) is 9.59 Å². The highest BCUT2D eigenvalue weighted by molar-refractivity contribution is 5.95. The Hall–Kier alpha value is -3.26. The van der Waals surface area contributed by atoms with Crippen LogP contribution in [0.5, 0.6) is 11.5 Å². The summed E-state index contributed by atoms with van der Waals surface area (Å²) in [5.41, 5.74) is 1.80. The van der Waals surface area contributed by atoms with Gasteiger partial charge in [-0.15, -0.1) is 0 Å². The van der Waals surface area contributed by atoms with E-state index in [1.807, 2.05) is 37.8 Å². The molecule has 1 N–H and O–H groups in total. The minimum atomic E-state index is -0.565. The molecule has 0 bridgehead atoms. The second kappa shape index (κ2) is 9.70. The van der Waals surface area contributed by atoms with Crippen LogP contribution in [-0.2, 0) is 11.3 Å². The van der Waals surface area contributed by atoms with Crippen LogP contribution in [0.15, 0.2) is 42.5 Å². The summed E-state index contributed by atoms with van der Waals surface area (Å²) >= 11 is 0. The van der Waals surface area contributed by atoms with Crippen molar-refractivity contribution in [2.24, 2.45) is 0 Å². The van der Waals surface area contributed by atoms with Crippen LogP contribution in [0.3, 0.4) is 0 Å². The van der Waals surface area contributed by atoms with Crippen LogP contribution in [0.25, 0.3) is 0 Å². The second-order valence-electron chi connectivity index (χ2n) is 9.25. The van der Waals surface area contributed by atoms with E-state index in [2.05, 4.69) is 16.3 Å². The number of hydrogen-bond acceptors (Lipinski definition) is 6. The minimum absolute atomic E-state index is 0.00204. The number of anilines is 1. The average molecular weight is 454 g/mol. The van der Waals surface area contributed by atoms with Crippen molar-refractivity contribution < 1.29 is 23.8 Å². The predicted octanol–water partition coefficient (Wildman–Crippen LogP) is 3.76. The van der Waals surface area contributed by atoms with E-state index in [-0.39, 0.29) is 5.91 Å². The van der Waals surface area contributed by atoms with Gasteiger partial charge in [-0.3, -0.25) is 15.0 Å². The Balaban J connectivity index is 1.27. The molecule has 0 radical (unpaired) electrons. The zero-order chi connectivity index (χ0) is 23.4. The van der Waals surface area contributed by atoms with Gasteiger partial charge >= 0.3 is 6.09 Å². The molecule has 0 spiro atoms. The van der Waals surface area contributed by atoms with Crippen molar-refractivity contribution in [3.8, 4) is 11.5 Å². The number of nitrogens with zero attached hydrogens (tertiary/aromatic N) is 2. The molecule has 0 aliphatic carbocycles. The summed E-state index contributed by atoms with van der Waals surface area (Å²) in [5, 5.41) is 2.68. The van der Waals surface area contributed by atoms with Crippen molar-refractivity contribution in [2.45, 2.75) is 32.9 Å². The first-order valence-corrected chi connectivity index (χ1v) is 11.3. The summed E-state index contributed by atoms with van der Waals surface area (Å²) in [6.07, 6.45) is -0.518. The van der Waals surface area contributed by atoms with Gasteiger partial charge in [-0.05, 0) is 62.7 Å². The number of carbonyl (C=O) groups excluding carboxylic acids is 2. The molecule has 8 nitrogen and oxygen atoms in total. The van der Waals surface area contributed by atoms with Crippen molar-refractivity contribution in [1.29, 1.82) is 0 Å². The molecule has 2 amide bonds. The summed E-state index contributed by atoms with van der Waals surface area (Å²) in [7, 11) is 0. The molecule has 0 aromatic heterocycles. The van der Waals surface area contributed by atoms with Crippen LogP contribution in [0.4, 0.5) is 10.5 Å². The molecule has 0 atom stereocenters. The molecule has 4 rings (SSSR count). The van der Waals surface area contributed by atoms with Crippen LogP contribution in [0.1, 0.15) is 36.7 Å². The molecule has 2 aliphatic rings. The molecule has 2 aromatic rings. The highest BCUT2D eigenvalue weighted by Gasteiger charge is 2.23. The van der Waals surface area contributed by atoms with Crippen LogP contribution >= 0.6 is 0 Å². The quantitative estimate of drug-likeness (QED) is 0.759. The maximum Gasteiger partial charge on any atom is 0.412 e. The maximum absolute atomic E-state index is 12.9. The van der Waals surface area contributed by atoms with Gasteiger partial charge in [0.2, 0.25) is 0 Å². The van der Waals surface area contributed by atoms with Crippen LogP contribution < -0.4 is 14.8 Å². The number of benzene rings is 2. The Kier molecular flexibility index (Phi) is 6.74. The monoisotopic (exact) mass is 453 g/mol. The largest absolute Gasteiger partial charge is 0.486 e. The smallest absolute Gasteiger partial charge is 0.412 e. The molecule has 2 aliphatic heterocycles. The van der Waals surface area contributed by atoms with Crippen molar-refractivity contribution in [3.63, 3.8) is 0 Å². The number of fused-ring (bicyclic) bond motifs is 1. The summed E-state index contributed by atoms with van der Waals surface area (Å²) in [4.78, 5) is 29.0. The first-order valence-electron chi connectivity index (χ1n) is 11.3. The van der Waals surface area contributed by atoms with Gasteiger partial charge in [-0.25, -0.2) is 4.79 Å². The van der Waals surface area contributed by atoms with E-state index in [1.54, 1.807) is 24.3 Å². The van der Waals surface area contributed by atoms with Gasteiger partial charge in [0.25, 0.3) is 5.91 Å². The topological polar surface area (TPSA) is 80.3 Å². The second-order valence-corrected chi connectivity index (χ2v) is 9.25. The summed E-state index contributed by atoms with van der Waals surface area (Å²) in [6.45, 7) is 10.4. The lowest BCUT2D eigenvalue weighted by molar-refractivity contribution is 0.0624. The summed E-state index contributed by atoms with van der Waals surface area (Å²) in [5.74, 6) is 1.60. The Morgan fingerprint density at radius 1 is 0.939 bits per heavy atom. The van der Waals surface area contributed by atoms with Gasteiger partial charge in [-0.1, -0.05) is 6.07 Å². The average Bonchev–Trinajstić information content (AvgIpc) is 2.78. The number of ether oxygens (including phenoxy) is 3. The van der Waals surface area contributed by atoms with Gasteiger partial charge in [0.1, 0.15) is 18.8 Å². The van der Waals surface area contributed by atoms with Gasteiger partial charge in [-0.2, -0.15) is 0 Å². The molecular weight excluding hydrogens is 422 g/mol. The van der Waals surface area contributed by atoms with E-state index in [4.69, 9.17) is 14.2 Å². The Labute approximate surface area is 194 Å². The highest BCUT2D eigenvalue weighted by Crippen LogP contribution is 2.31. The third kappa shape index (κ3) is 6.16. The Morgan fingerprint density at radius 3 is 2.27 bits per heavy atom. The standard InChI is InChI=1S/C25H31N3O5/c1-25(2,3)33-24(30)26-20-7-5-19(6-8-20)23(29)28-12-10-27(11-13-28)17-18-4-9-21-22(16-18)32-15-14-31-21/h4-9,16H,10-15,17H2,1-3H3,(H,26,30). The van der Waals surface area contributed by atoms with Gasteiger partial charge in [0.05, 0.1) is 0 Å².